The van der Waals surface area contributed by atoms with Crippen LogP contribution < -0.4 is 14.4 Å². The topological polar surface area (TPSA) is 67.8 Å². The van der Waals surface area contributed by atoms with E-state index in [4.69, 9.17) is 9.47 Å². The average Bonchev–Trinajstić information content (AvgIpc) is 3.29. The quantitative estimate of drug-likeness (QED) is 0.805. The maximum atomic E-state index is 12.8. The van der Waals surface area contributed by atoms with Gasteiger partial charge in [0, 0.05) is 37.2 Å². The number of amides is 1. The summed E-state index contributed by atoms with van der Waals surface area (Å²) < 4.78 is 10.7. The molecule has 1 aromatic carbocycles. The third kappa shape index (κ3) is 3.21. The Balaban J connectivity index is 1.40. The predicted octanol–water partition coefficient (Wildman–Crippen LogP) is 2.53. The summed E-state index contributed by atoms with van der Waals surface area (Å²) >= 11 is 1.64. The van der Waals surface area contributed by atoms with E-state index in [1.54, 1.807) is 29.5 Å². The van der Waals surface area contributed by atoms with E-state index < -0.39 is 0 Å². The molecule has 0 atom stereocenters. The highest BCUT2D eigenvalue weighted by Gasteiger charge is 2.27. The number of anilines is 1. The van der Waals surface area contributed by atoms with Crippen molar-refractivity contribution in [3.8, 4) is 11.5 Å². The zero-order chi connectivity index (χ0) is 18.3. The number of ether oxygens (including phenoxy) is 2. The molecule has 1 aromatic heterocycles. The lowest BCUT2D eigenvalue weighted by Crippen LogP contribution is -2.48. The standard InChI is InChI=1S/C18H22N4O3S/c1-18(2,3)16-19-20-17(26-16)22-8-6-21(7-9-22)15(23)12-4-5-13-14(10-12)25-11-24-13/h4-5,10H,6-9,11H2,1-3H3. The molecule has 0 aliphatic carbocycles. The predicted molar refractivity (Wildman–Crippen MR) is 99.3 cm³/mol. The van der Waals surface area contributed by atoms with Crippen LogP contribution in [0.15, 0.2) is 18.2 Å². The van der Waals surface area contributed by atoms with Crippen LogP contribution in [0.4, 0.5) is 5.13 Å². The third-order valence-electron chi connectivity index (χ3n) is 4.51. The number of aromatic nitrogens is 2. The molecule has 0 spiro atoms. The fourth-order valence-corrected chi connectivity index (χ4v) is 3.91. The Labute approximate surface area is 156 Å². The van der Waals surface area contributed by atoms with Crippen molar-refractivity contribution in [3.05, 3.63) is 28.8 Å². The summed E-state index contributed by atoms with van der Waals surface area (Å²) in [5.41, 5.74) is 0.640. The first-order chi connectivity index (χ1) is 12.4. The van der Waals surface area contributed by atoms with E-state index in [0.29, 0.717) is 30.2 Å². The van der Waals surface area contributed by atoms with Crippen molar-refractivity contribution in [1.29, 1.82) is 0 Å². The van der Waals surface area contributed by atoms with Crippen molar-refractivity contribution in [3.63, 3.8) is 0 Å². The highest BCUT2D eigenvalue weighted by atomic mass is 32.1. The first kappa shape index (κ1) is 17.1. The largest absolute Gasteiger partial charge is 0.454 e. The molecule has 2 aliphatic heterocycles. The van der Waals surface area contributed by atoms with E-state index in [1.165, 1.54) is 0 Å². The number of rotatable bonds is 2. The van der Waals surface area contributed by atoms with Gasteiger partial charge in [0.2, 0.25) is 11.9 Å². The summed E-state index contributed by atoms with van der Waals surface area (Å²) in [5, 5.41) is 10.6. The smallest absolute Gasteiger partial charge is 0.254 e. The van der Waals surface area contributed by atoms with Crippen molar-refractivity contribution in [1.82, 2.24) is 15.1 Å². The van der Waals surface area contributed by atoms with Gasteiger partial charge in [-0.05, 0) is 18.2 Å². The van der Waals surface area contributed by atoms with Gasteiger partial charge in [-0.2, -0.15) is 0 Å². The van der Waals surface area contributed by atoms with Gasteiger partial charge >= 0.3 is 0 Å². The number of fused-ring (bicyclic) bond motifs is 1. The zero-order valence-electron chi connectivity index (χ0n) is 15.2. The number of carbonyl (C=O) groups excluding carboxylic acids is 1. The summed E-state index contributed by atoms with van der Waals surface area (Å²) in [6.45, 7) is 9.47. The number of piperazine rings is 1. The Morgan fingerprint density at radius 1 is 1.08 bits per heavy atom. The Bertz CT molecular complexity index is 822. The minimum absolute atomic E-state index is 0.00700. The molecule has 8 heteroatoms. The highest BCUT2D eigenvalue weighted by molar-refractivity contribution is 7.15. The van der Waals surface area contributed by atoms with Crippen LogP contribution in [-0.2, 0) is 5.41 Å². The van der Waals surface area contributed by atoms with E-state index in [9.17, 15) is 4.79 Å². The van der Waals surface area contributed by atoms with Crippen LogP contribution in [0.5, 0.6) is 11.5 Å². The van der Waals surface area contributed by atoms with Gasteiger partial charge < -0.3 is 19.3 Å². The Morgan fingerprint density at radius 2 is 1.81 bits per heavy atom. The van der Waals surface area contributed by atoms with Gasteiger partial charge in [0.15, 0.2) is 11.5 Å². The monoisotopic (exact) mass is 374 g/mol. The van der Waals surface area contributed by atoms with Crippen LogP contribution in [0.3, 0.4) is 0 Å². The van der Waals surface area contributed by atoms with Gasteiger partial charge in [-0.3, -0.25) is 4.79 Å². The molecule has 0 saturated carbocycles. The molecule has 0 bridgehead atoms. The summed E-state index contributed by atoms with van der Waals surface area (Å²) in [6, 6.07) is 5.35. The van der Waals surface area contributed by atoms with E-state index in [2.05, 4.69) is 35.9 Å². The molecule has 26 heavy (non-hydrogen) atoms. The van der Waals surface area contributed by atoms with E-state index >= 15 is 0 Å². The molecule has 1 saturated heterocycles. The maximum absolute atomic E-state index is 12.8. The van der Waals surface area contributed by atoms with Crippen LogP contribution >= 0.6 is 11.3 Å². The zero-order valence-corrected chi connectivity index (χ0v) is 16.0. The van der Waals surface area contributed by atoms with Gasteiger partial charge in [-0.25, -0.2) is 0 Å². The lowest BCUT2D eigenvalue weighted by molar-refractivity contribution is 0.0746. The summed E-state index contributed by atoms with van der Waals surface area (Å²) in [5.74, 6) is 1.35. The van der Waals surface area contributed by atoms with Gasteiger partial charge in [0.25, 0.3) is 5.91 Å². The maximum Gasteiger partial charge on any atom is 0.254 e. The lowest BCUT2D eigenvalue weighted by atomic mass is 9.98. The van der Waals surface area contributed by atoms with Gasteiger partial charge in [0.05, 0.1) is 0 Å². The first-order valence-corrected chi connectivity index (χ1v) is 9.51. The number of hydrogen-bond acceptors (Lipinski definition) is 7. The molecule has 0 radical (unpaired) electrons. The van der Waals surface area contributed by atoms with Gasteiger partial charge in [-0.15, -0.1) is 10.2 Å². The van der Waals surface area contributed by atoms with Crippen LogP contribution in [0.1, 0.15) is 36.1 Å². The van der Waals surface area contributed by atoms with Crippen LogP contribution in [0.25, 0.3) is 0 Å². The molecular weight excluding hydrogens is 352 g/mol. The molecule has 138 valence electrons. The molecule has 3 heterocycles. The molecule has 1 fully saturated rings. The summed E-state index contributed by atoms with van der Waals surface area (Å²) in [7, 11) is 0. The van der Waals surface area contributed by atoms with Crippen LogP contribution in [0.2, 0.25) is 0 Å². The second-order valence-electron chi connectivity index (χ2n) is 7.49. The molecule has 1 amide bonds. The minimum atomic E-state index is 0.00700. The number of carbonyl (C=O) groups is 1. The molecule has 7 nitrogen and oxygen atoms in total. The second kappa shape index (κ2) is 6.42. The van der Waals surface area contributed by atoms with E-state index in [0.717, 1.165) is 23.2 Å². The molecule has 4 rings (SSSR count). The molecule has 0 unspecified atom stereocenters. The summed E-state index contributed by atoms with van der Waals surface area (Å²) in [6.07, 6.45) is 0. The minimum Gasteiger partial charge on any atom is -0.454 e. The number of hydrogen-bond donors (Lipinski definition) is 0. The SMILES string of the molecule is CC(C)(C)c1nnc(N2CCN(C(=O)c3ccc4c(c3)OCO4)CC2)s1. The normalized spacial score (nSPS) is 16.9. The Morgan fingerprint density at radius 3 is 2.50 bits per heavy atom. The summed E-state index contributed by atoms with van der Waals surface area (Å²) in [4.78, 5) is 16.8. The van der Waals surface area contributed by atoms with Gasteiger partial charge in [-0.1, -0.05) is 32.1 Å². The van der Waals surface area contributed by atoms with Crippen molar-refractivity contribution in [2.45, 2.75) is 26.2 Å². The van der Waals surface area contributed by atoms with Crippen molar-refractivity contribution >= 4 is 22.4 Å². The van der Waals surface area contributed by atoms with Gasteiger partial charge in [0.1, 0.15) is 5.01 Å². The third-order valence-corrected chi connectivity index (χ3v) is 5.92. The molecular formula is C18H22N4O3S. The molecule has 2 aromatic rings. The average molecular weight is 374 g/mol. The lowest BCUT2D eigenvalue weighted by Gasteiger charge is -2.34. The van der Waals surface area contributed by atoms with Crippen molar-refractivity contribution in [2.24, 2.45) is 0 Å². The van der Waals surface area contributed by atoms with E-state index in [-0.39, 0.29) is 18.1 Å². The molecule has 0 N–H and O–H groups in total. The fraction of sp³-hybridized carbons (Fsp3) is 0.500. The van der Waals surface area contributed by atoms with Crippen molar-refractivity contribution < 1.29 is 14.3 Å². The Kier molecular flexibility index (Phi) is 4.22. The van der Waals surface area contributed by atoms with Crippen LogP contribution in [0, 0.1) is 0 Å². The van der Waals surface area contributed by atoms with E-state index in [1.807, 2.05) is 4.90 Å². The highest BCUT2D eigenvalue weighted by Crippen LogP contribution is 2.33. The van der Waals surface area contributed by atoms with Crippen molar-refractivity contribution in [2.75, 3.05) is 37.9 Å². The molecule has 2 aliphatic rings. The number of nitrogens with zero attached hydrogens (tertiary/aromatic N) is 4. The number of benzene rings is 1. The first-order valence-electron chi connectivity index (χ1n) is 8.70. The second-order valence-corrected chi connectivity index (χ2v) is 8.44. The Hall–Kier alpha value is -2.35. The fourth-order valence-electron chi connectivity index (χ4n) is 2.96. The van der Waals surface area contributed by atoms with Crippen LogP contribution in [-0.4, -0.2) is 54.0 Å².